The fourth-order valence-electron chi connectivity index (χ4n) is 2.45. The van der Waals surface area contributed by atoms with Crippen LogP contribution in [0.2, 0.25) is 0 Å². The van der Waals surface area contributed by atoms with Crippen molar-refractivity contribution in [3.05, 3.63) is 29.5 Å². The summed E-state index contributed by atoms with van der Waals surface area (Å²) >= 11 is 0. The van der Waals surface area contributed by atoms with Gasteiger partial charge in [0.2, 0.25) is 0 Å². The standard InChI is InChI=1S/C14H14N2O3/c1-8-3-9-6-15-11-5-12(17)13(19-2)4-10(11)14(18)16(9)7-8/h4-7,9,17H,3H2,1-2H3/t9-/m0/s1. The number of rotatable bonds is 1. The summed E-state index contributed by atoms with van der Waals surface area (Å²) in [5.41, 5.74) is 2.07. The number of nitrogens with zero attached hydrogens (tertiary/aromatic N) is 2. The van der Waals surface area contributed by atoms with Gasteiger partial charge in [0.15, 0.2) is 11.5 Å². The van der Waals surface area contributed by atoms with Crippen LogP contribution in [0.3, 0.4) is 0 Å². The third-order valence-electron chi connectivity index (χ3n) is 3.40. The summed E-state index contributed by atoms with van der Waals surface area (Å²) in [6.45, 7) is 1.99. The Hall–Kier alpha value is -2.30. The van der Waals surface area contributed by atoms with Crippen LogP contribution in [0.4, 0.5) is 5.69 Å². The lowest BCUT2D eigenvalue weighted by Gasteiger charge is -2.18. The fourth-order valence-corrected chi connectivity index (χ4v) is 2.45. The Morgan fingerprint density at radius 3 is 3.00 bits per heavy atom. The average molecular weight is 258 g/mol. The Bertz CT molecular complexity index is 619. The lowest BCUT2D eigenvalue weighted by Crippen LogP contribution is -2.32. The molecule has 0 fully saturated rings. The van der Waals surface area contributed by atoms with Crippen LogP contribution in [0.25, 0.3) is 0 Å². The molecule has 0 radical (unpaired) electrons. The van der Waals surface area contributed by atoms with Gasteiger partial charge < -0.3 is 14.7 Å². The van der Waals surface area contributed by atoms with Gasteiger partial charge in [0, 0.05) is 18.5 Å². The summed E-state index contributed by atoms with van der Waals surface area (Å²) < 4.78 is 5.04. The first kappa shape index (κ1) is 11.8. The molecular formula is C14H14N2O3. The van der Waals surface area contributed by atoms with Gasteiger partial charge in [0.1, 0.15) is 0 Å². The van der Waals surface area contributed by atoms with Crippen LogP contribution in [0, 0.1) is 0 Å². The number of phenols is 1. The molecule has 2 aliphatic heterocycles. The molecule has 0 aromatic heterocycles. The summed E-state index contributed by atoms with van der Waals surface area (Å²) in [5, 5.41) is 9.75. The van der Waals surface area contributed by atoms with E-state index in [1.807, 2.05) is 13.1 Å². The van der Waals surface area contributed by atoms with Gasteiger partial charge in [-0.25, -0.2) is 0 Å². The predicted octanol–water partition coefficient (Wildman–Crippen LogP) is 2.24. The third kappa shape index (κ3) is 1.78. The number of amides is 1. The van der Waals surface area contributed by atoms with E-state index in [1.165, 1.54) is 19.2 Å². The minimum atomic E-state index is -0.118. The smallest absolute Gasteiger partial charge is 0.260 e. The van der Waals surface area contributed by atoms with E-state index in [-0.39, 0.29) is 23.4 Å². The molecule has 2 aliphatic rings. The lowest BCUT2D eigenvalue weighted by atomic mass is 10.1. The zero-order valence-corrected chi connectivity index (χ0v) is 10.8. The molecule has 0 saturated heterocycles. The second kappa shape index (κ2) is 4.12. The Labute approximate surface area is 110 Å². The molecule has 0 unspecified atom stereocenters. The van der Waals surface area contributed by atoms with E-state index in [4.69, 9.17) is 4.74 Å². The van der Waals surface area contributed by atoms with Gasteiger partial charge in [-0.05, 0) is 19.4 Å². The molecule has 3 rings (SSSR count). The normalized spacial score (nSPS) is 20.7. The second-order valence-electron chi connectivity index (χ2n) is 4.78. The number of hydrogen-bond acceptors (Lipinski definition) is 4. The molecular weight excluding hydrogens is 244 g/mol. The number of aliphatic imine (C=N–C) groups is 1. The first-order chi connectivity index (χ1) is 9.10. The highest BCUT2D eigenvalue weighted by atomic mass is 16.5. The van der Waals surface area contributed by atoms with Crippen molar-refractivity contribution >= 4 is 17.8 Å². The molecule has 0 bridgehead atoms. The summed E-state index contributed by atoms with van der Waals surface area (Å²) in [5.74, 6) is 0.147. The number of hydrogen-bond donors (Lipinski definition) is 1. The number of methoxy groups -OCH3 is 1. The number of carbonyl (C=O) groups excluding carboxylic acids is 1. The topological polar surface area (TPSA) is 62.1 Å². The van der Waals surface area contributed by atoms with Crippen LogP contribution in [0.15, 0.2) is 28.9 Å². The molecule has 0 saturated carbocycles. The van der Waals surface area contributed by atoms with Gasteiger partial charge in [0.25, 0.3) is 5.91 Å². The number of carbonyl (C=O) groups is 1. The maximum Gasteiger partial charge on any atom is 0.260 e. The van der Waals surface area contributed by atoms with Crippen LogP contribution in [-0.4, -0.2) is 35.3 Å². The molecule has 1 amide bonds. The van der Waals surface area contributed by atoms with E-state index in [9.17, 15) is 9.90 Å². The largest absolute Gasteiger partial charge is 0.504 e. The van der Waals surface area contributed by atoms with E-state index < -0.39 is 0 Å². The molecule has 0 spiro atoms. The second-order valence-corrected chi connectivity index (χ2v) is 4.78. The van der Waals surface area contributed by atoms with Crippen LogP contribution in [0.1, 0.15) is 23.7 Å². The molecule has 2 heterocycles. The minimum absolute atomic E-state index is 0.0139. The van der Waals surface area contributed by atoms with Crippen molar-refractivity contribution in [3.63, 3.8) is 0 Å². The number of fused-ring (bicyclic) bond motifs is 2. The highest BCUT2D eigenvalue weighted by Gasteiger charge is 2.31. The predicted molar refractivity (Wildman–Crippen MR) is 71.1 cm³/mol. The lowest BCUT2D eigenvalue weighted by molar-refractivity contribution is 0.0817. The molecule has 5 nitrogen and oxygen atoms in total. The molecule has 1 aromatic rings. The van der Waals surface area contributed by atoms with Crippen molar-refractivity contribution in [1.29, 1.82) is 0 Å². The van der Waals surface area contributed by atoms with Gasteiger partial charge >= 0.3 is 0 Å². The monoisotopic (exact) mass is 258 g/mol. The number of aromatic hydroxyl groups is 1. The Morgan fingerprint density at radius 1 is 1.47 bits per heavy atom. The highest BCUT2D eigenvalue weighted by Crippen LogP contribution is 2.37. The molecule has 5 heteroatoms. The summed E-state index contributed by atoms with van der Waals surface area (Å²) in [6.07, 6.45) is 4.41. The van der Waals surface area contributed by atoms with Gasteiger partial charge in [0.05, 0.1) is 24.4 Å². The van der Waals surface area contributed by atoms with Crippen molar-refractivity contribution in [2.24, 2.45) is 4.99 Å². The van der Waals surface area contributed by atoms with Crippen molar-refractivity contribution in [2.75, 3.05) is 7.11 Å². The SMILES string of the molecule is COc1cc2c(cc1O)N=C[C@@H]1CC(C)=CN1C2=O. The molecule has 1 aromatic carbocycles. The van der Waals surface area contributed by atoms with Crippen LogP contribution >= 0.6 is 0 Å². The summed E-state index contributed by atoms with van der Waals surface area (Å²) in [7, 11) is 1.45. The van der Waals surface area contributed by atoms with Gasteiger partial charge in [-0.2, -0.15) is 0 Å². The van der Waals surface area contributed by atoms with E-state index >= 15 is 0 Å². The van der Waals surface area contributed by atoms with Crippen molar-refractivity contribution in [3.8, 4) is 11.5 Å². The average Bonchev–Trinajstić information content (AvgIpc) is 2.71. The summed E-state index contributed by atoms with van der Waals surface area (Å²) in [6, 6.07) is 2.96. The van der Waals surface area contributed by atoms with Crippen molar-refractivity contribution < 1.29 is 14.6 Å². The van der Waals surface area contributed by atoms with Crippen molar-refractivity contribution in [1.82, 2.24) is 4.90 Å². The maximum atomic E-state index is 12.5. The molecule has 1 atom stereocenters. The number of ether oxygens (including phenoxy) is 1. The van der Waals surface area contributed by atoms with Gasteiger partial charge in [-0.3, -0.25) is 9.79 Å². The third-order valence-corrected chi connectivity index (χ3v) is 3.40. The fraction of sp³-hybridized carbons (Fsp3) is 0.286. The number of benzene rings is 1. The van der Waals surface area contributed by atoms with Gasteiger partial charge in [-0.1, -0.05) is 5.57 Å². The van der Waals surface area contributed by atoms with E-state index in [1.54, 1.807) is 11.1 Å². The van der Waals surface area contributed by atoms with Crippen LogP contribution < -0.4 is 4.74 Å². The minimum Gasteiger partial charge on any atom is -0.504 e. The first-order valence-electron chi connectivity index (χ1n) is 6.05. The van der Waals surface area contributed by atoms with Crippen molar-refractivity contribution in [2.45, 2.75) is 19.4 Å². The molecule has 98 valence electrons. The zero-order chi connectivity index (χ0) is 13.6. The van der Waals surface area contributed by atoms with E-state index in [2.05, 4.69) is 4.99 Å². The molecule has 1 N–H and O–H groups in total. The van der Waals surface area contributed by atoms with Gasteiger partial charge in [-0.15, -0.1) is 0 Å². The van der Waals surface area contributed by atoms with Crippen LogP contribution in [-0.2, 0) is 0 Å². The summed E-state index contributed by atoms with van der Waals surface area (Å²) in [4.78, 5) is 18.5. The first-order valence-corrected chi connectivity index (χ1v) is 6.05. The Morgan fingerprint density at radius 2 is 2.26 bits per heavy atom. The zero-order valence-electron chi connectivity index (χ0n) is 10.8. The molecule has 0 aliphatic carbocycles. The van der Waals surface area contributed by atoms with Crippen LogP contribution in [0.5, 0.6) is 11.5 Å². The highest BCUT2D eigenvalue weighted by molar-refractivity contribution is 6.04. The molecule has 19 heavy (non-hydrogen) atoms. The Kier molecular flexibility index (Phi) is 2.55. The van der Waals surface area contributed by atoms with E-state index in [0.29, 0.717) is 11.3 Å². The number of phenolic OH excluding ortho intramolecular Hbond substituents is 1. The van der Waals surface area contributed by atoms with E-state index in [0.717, 1.165) is 12.0 Å². The Balaban J connectivity index is 2.13. The maximum absolute atomic E-state index is 12.5. The quantitative estimate of drug-likeness (QED) is 0.840.